The molecule has 8 heteroatoms. The van der Waals surface area contributed by atoms with E-state index in [0.29, 0.717) is 45.9 Å². The topological polar surface area (TPSA) is 49.4 Å². The van der Waals surface area contributed by atoms with E-state index in [0.717, 1.165) is 10.6 Å². The van der Waals surface area contributed by atoms with Gasteiger partial charge >= 0.3 is 0 Å². The Kier molecular flexibility index (Phi) is 11.2. The van der Waals surface area contributed by atoms with E-state index in [1.165, 1.54) is 0 Å². The van der Waals surface area contributed by atoms with Crippen LogP contribution in [0.5, 0.6) is 0 Å². The summed E-state index contributed by atoms with van der Waals surface area (Å²) in [5.74, 6) is 0.802. The minimum Gasteiger partial charge on any atom is -0.354 e. The van der Waals surface area contributed by atoms with Crippen LogP contribution in [0.2, 0.25) is 15.1 Å². The van der Waals surface area contributed by atoms with Crippen molar-refractivity contribution in [3.05, 3.63) is 63.1 Å². The molecular formula is C24H29Cl3N2O2S. The van der Waals surface area contributed by atoms with Crippen LogP contribution >= 0.6 is 46.6 Å². The summed E-state index contributed by atoms with van der Waals surface area (Å²) in [4.78, 5) is 28.5. The molecule has 0 aromatic heterocycles. The molecule has 0 saturated heterocycles. The molecule has 0 unspecified atom stereocenters. The third-order valence-corrected chi connectivity index (χ3v) is 6.92. The molecule has 174 valence electrons. The predicted molar refractivity (Wildman–Crippen MR) is 136 cm³/mol. The fraction of sp³-hybridized carbons (Fsp3) is 0.417. The van der Waals surface area contributed by atoms with Crippen molar-refractivity contribution in [2.24, 2.45) is 5.92 Å². The van der Waals surface area contributed by atoms with E-state index in [9.17, 15) is 9.59 Å². The first-order valence-corrected chi connectivity index (χ1v) is 12.7. The number of hydrogen-bond acceptors (Lipinski definition) is 3. The lowest BCUT2D eigenvalue weighted by atomic mass is 10.1. The number of carbonyl (C=O) groups is 2. The highest BCUT2D eigenvalue weighted by Crippen LogP contribution is 2.27. The van der Waals surface area contributed by atoms with Crippen molar-refractivity contribution in [2.45, 2.75) is 51.1 Å². The van der Waals surface area contributed by atoms with Crippen LogP contribution in [0.15, 0.2) is 47.4 Å². The van der Waals surface area contributed by atoms with Gasteiger partial charge in [0.25, 0.3) is 0 Å². The first kappa shape index (κ1) is 26.8. The number of amides is 2. The molecule has 0 spiro atoms. The van der Waals surface area contributed by atoms with Gasteiger partial charge in [0.2, 0.25) is 11.8 Å². The zero-order valence-electron chi connectivity index (χ0n) is 18.5. The Morgan fingerprint density at radius 3 is 2.22 bits per heavy atom. The summed E-state index contributed by atoms with van der Waals surface area (Å²) in [7, 11) is 0. The summed E-state index contributed by atoms with van der Waals surface area (Å²) >= 11 is 20.3. The molecule has 32 heavy (non-hydrogen) atoms. The van der Waals surface area contributed by atoms with Crippen LogP contribution in [0.1, 0.15) is 39.2 Å². The molecule has 2 rings (SSSR count). The summed E-state index contributed by atoms with van der Waals surface area (Å²) in [6.45, 7) is 6.51. The van der Waals surface area contributed by atoms with Crippen LogP contribution < -0.4 is 5.32 Å². The van der Waals surface area contributed by atoms with Crippen molar-refractivity contribution in [1.82, 2.24) is 10.2 Å². The SMILES string of the molecule is CC(C)CNC(=O)[C@H](C)N(Cc1c(Cl)cccc1Cl)C(=O)CCCSc1ccc(Cl)cc1. The molecule has 0 aliphatic heterocycles. The molecule has 1 atom stereocenters. The fourth-order valence-electron chi connectivity index (χ4n) is 2.98. The molecule has 0 saturated carbocycles. The highest BCUT2D eigenvalue weighted by molar-refractivity contribution is 7.99. The van der Waals surface area contributed by atoms with E-state index >= 15 is 0 Å². The molecular weight excluding hydrogens is 487 g/mol. The normalized spacial score (nSPS) is 12.0. The van der Waals surface area contributed by atoms with E-state index in [4.69, 9.17) is 34.8 Å². The van der Waals surface area contributed by atoms with Gasteiger partial charge in [0, 0.05) is 45.0 Å². The maximum Gasteiger partial charge on any atom is 0.242 e. The first-order valence-electron chi connectivity index (χ1n) is 10.6. The average molecular weight is 516 g/mol. The van der Waals surface area contributed by atoms with Crippen LogP contribution in [0, 0.1) is 5.92 Å². The number of hydrogen-bond donors (Lipinski definition) is 1. The van der Waals surface area contributed by atoms with Crippen molar-refractivity contribution in [2.75, 3.05) is 12.3 Å². The Balaban J connectivity index is 2.05. The standard InChI is InChI=1S/C24H29Cl3N2O2S/c1-16(2)14-28-24(31)17(3)29(15-20-21(26)6-4-7-22(20)27)23(30)8-5-13-32-19-11-9-18(25)10-12-19/h4,6-7,9-12,16-17H,5,8,13-15H2,1-3H3,(H,28,31)/t17-/m0/s1. The van der Waals surface area contributed by atoms with Crippen molar-refractivity contribution in [1.29, 1.82) is 0 Å². The summed E-state index contributed by atoms with van der Waals surface area (Å²) in [6.07, 6.45) is 1.00. The smallest absolute Gasteiger partial charge is 0.242 e. The van der Waals surface area contributed by atoms with Gasteiger partial charge in [0.15, 0.2) is 0 Å². The van der Waals surface area contributed by atoms with Gasteiger partial charge in [-0.3, -0.25) is 9.59 Å². The van der Waals surface area contributed by atoms with Crippen LogP contribution in [-0.2, 0) is 16.1 Å². The van der Waals surface area contributed by atoms with E-state index in [1.807, 2.05) is 38.1 Å². The number of nitrogens with zero attached hydrogens (tertiary/aromatic N) is 1. The van der Waals surface area contributed by atoms with Gasteiger partial charge in [-0.15, -0.1) is 11.8 Å². The third kappa shape index (κ3) is 8.51. The maximum absolute atomic E-state index is 13.1. The first-order chi connectivity index (χ1) is 15.2. The van der Waals surface area contributed by atoms with Gasteiger partial charge in [0.1, 0.15) is 6.04 Å². The molecule has 2 aromatic rings. The molecule has 0 bridgehead atoms. The highest BCUT2D eigenvalue weighted by atomic mass is 35.5. The molecule has 1 N–H and O–H groups in total. The Labute approximate surface area is 210 Å². The van der Waals surface area contributed by atoms with Crippen molar-refractivity contribution < 1.29 is 9.59 Å². The van der Waals surface area contributed by atoms with Crippen LogP contribution in [0.25, 0.3) is 0 Å². The summed E-state index contributed by atoms with van der Waals surface area (Å²) in [5, 5.41) is 4.56. The van der Waals surface area contributed by atoms with Crippen molar-refractivity contribution in [3.63, 3.8) is 0 Å². The molecule has 2 amide bonds. The molecule has 4 nitrogen and oxygen atoms in total. The number of rotatable bonds is 11. The van der Waals surface area contributed by atoms with Gasteiger partial charge in [-0.25, -0.2) is 0 Å². The lowest BCUT2D eigenvalue weighted by molar-refractivity contribution is -0.140. The van der Waals surface area contributed by atoms with Crippen LogP contribution in [-0.4, -0.2) is 35.1 Å². The minimum absolute atomic E-state index is 0.107. The molecule has 0 fully saturated rings. The zero-order chi connectivity index (χ0) is 23.7. The summed E-state index contributed by atoms with van der Waals surface area (Å²) < 4.78 is 0. The highest BCUT2D eigenvalue weighted by Gasteiger charge is 2.27. The predicted octanol–water partition coefficient (Wildman–Crippen LogP) is 6.71. The number of carbonyl (C=O) groups excluding carboxylic acids is 2. The van der Waals surface area contributed by atoms with Crippen LogP contribution in [0.3, 0.4) is 0 Å². The van der Waals surface area contributed by atoms with E-state index in [-0.39, 0.29) is 18.4 Å². The second kappa shape index (κ2) is 13.3. The number of benzene rings is 2. The summed E-state index contributed by atoms with van der Waals surface area (Å²) in [5.41, 5.74) is 0.642. The second-order valence-corrected chi connectivity index (χ2v) is 10.4. The van der Waals surface area contributed by atoms with Gasteiger partial charge < -0.3 is 10.2 Å². The number of nitrogens with one attached hydrogen (secondary N) is 1. The Morgan fingerprint density at radius 1 is 1.00 bits per heavy atom. The fourth-order valence-corrected chi connectivity index (χ4v) is 4.47. The van der Waals surface area contributed by atoms with Crippen molar-refractivity contribution in [3.8, 4) is 0 Å². The molecule has 2 aromatic carbocycles. The van der Waals surface area contributed by atoms with Crippen LogP contribution in [0.4, 0.5) is 0 Å². The van der Waals surface area contributed by atoms with Gasteiger partial charge in [-0.2, -0.15) is 0 Å². The molecule has 0 aliphatic rings. The second-order valence-electron chi connectivity index (χ2n) is 7.94. The zero-order valence-corrected chi connectivity index (χ0v) is 21.6. The molecule has 0 heterocycles. The van der Waals surface area contributed by atoms with E-state index in [1.54, 1.807) is 41.8 Å². The number of thioether (sulfide) groups is 1. The monoisotopic (exact) mass is 514 g/mol. The van der Waals surface area contributed by atoms with Crippen molar-refractivity contribution >= 4 is 58.4 Å². The Morgan fingerprint density at radius 2 is 1.62 bits per heavy atom. The van der Waals surface area contributed by atoms with E-state index in [2.05, 4.69) is 5.32 Å². The maximum atomic E-state index is 13.1. The minimum atomic E-state index is -0.641. The van der Waals surface area contributed by atoms with Gasteiger partial charge in [-0.05, 0) is 61.4 Å². The number of halogens is 3. The lowest BCUT2D eigenvalue weighted by Crippen LogP contribution is -2.48. The Bertz CT molecular complexity index is 886. The van der Waals surface area contributed by atoms with Gasteiger partial charge in [-0.1, -0.05) is 54.7 Å². The largest absolute Gasteiger partial charge is 0.354 e. The Hall–Kier alpha value is -1.40. The molecule has 0 radical (unpaired) electrons. The summed E-state index contributed by atoms with van der Waals surface area (Å²) in [6, 6.07) is 12.2. The van der Waals surface area contributed by atoms with E-state index < -0.39 is 6.04 Å². The lowest BCUT2D eigenvalue weighted by Gasteiger charge is -2.29. The van der Waals surface area contributed by atoms with Gasteiger partial charge in [0.05, 0.1) is 0 Å². The average Bonchev–Trinajstić information content (AvgIpc) is 2.75. The third-order valence-electron chi connectivity index (χ3n) is 4.86. The molecule has 0 aliphatic carbocycles. The quantitative estimate of drug-likeness (QED) is 0.267.